The molecule has 0 bridgehead atoms. The van der Waals surface area contributed by atoms with E-state index in [4.69, 9.17) is 4.74 Å². The Balaban J connectivity index is 1.87. The standard InChI is InChI=1S/C28H50O3/c1-2-3-4-5-6-7-8-9-10-11-12-13-14-15-16-20-23-27(30)28(24-29)31-25-26-21-18-17-19-22-26/h17-19,21-22,27-30H,2-16,20,23-25H2,1H3/t27?,28-/m0/s1. The van der Waals surface area contributed by atoms with E-state index in [2.05, 4.69) is 6.92 Å². The lowest BCUT2D eigenvalue weighted by atomic mass is 10.0. The fourth-order valence-corrected chi connectivity index (χ4v) is 4.15. The molecule has 1 aromatic carbocycles. The molecule has 0 saturated carbocycles. The molecule has 0 fully saturated rings. The summed E-state index contributed by atoms with van der Waals surface area (Å²) in [4.78, 5) is 0. The molecule has 0 radical (unpaired) electrons. The van der Waals surface area contributed by atoms with Gasteiger partial charge in [0.05, 0.1) is 19.3 Å². The predicted molar refractivity (Wildman–Crippen MR) is 132 cm³/mol. The average molecular weight is 435 g/mol. The van der Waals surface area contributed by atoms with Crippen molar-refractivity contribution in [1.29, 1.82) is 0 Å². The maximum atomic E-state index is 10.3. The molecule has 0 heterocycles. The summed E-state index contributed by atoms with van der Waals surface area (Å²) in [5.41, 5.74) is 1.07. The molecule has 0 aliphatic heterocycles. The maximum Gasteiger partial charge on any atom is 0.107 e. The third kappa shape index (κ3) is 16.4. The number of hydrogen-bond acceptors (Lipinski definition) is 3. The summed E-state index contributed by atoms with van der Waals surface area (Å²) in [7, 11) is 0. The smallest absolute Gasteiger partial charge is 0.107 e. The molecule has 1 rings (SSSR count). The highest BCUT2D eigenvalue weighted by Gasteiger charge is 2.18. The first-order chi connectivity index (χ1) is 15.3. The Hall–Kier alpha value is -0.900. The SMILES string of the molecule is CCCCCCCCCCCCCCCCCCC(O)[C@H](CO)OCc1ccccc1. The van der Waals surface area contributed by atoms with Crippen LogP contribution < -0.4 is 0 Å². The summed E-state index contributed by atoms with van der Waals surface area (Å²) in [6.07, 6.45) is 21.2. The van der Waals surface area contributed by atoms with E-state index >= 15 is 0 Å². The van der Waals surface area contributed by atoms with Crippen molar-refractivity contribution in [3.05, 3.63) is 35.9 Å². The highest BCUT2D eigenvalue weighted by Crippen LogP contribution is 2.16. The monoisotopic (exact) mass is 434 g/mol. The second-order valence-electron chi connectivity index (χ2n) is 9.18. The van der Waals surface area contributed by atoms with E-state index in [1.54, 1.807) is 0 Å². The van der Waals surface area contributed by atoms with Crippen LogP contribution in [0.2, 0.25) is 0 Å². The number of unbranched alkanes of at least 4 members (excludes halogenated alkanes) is 15. The number of rotatable bonds is 22. The van der Waals surface area contributed by atoms with Crippen LogP contribution in [0.1, 0.15) is 122 Å². The Morgan fingerprint density at radius 3 is 1.58 bits per heavy atom. The van der Waals surface area contributed by atoms with Gasteiger partial charge in [-0.3, -0.25) is 0 Å². The van der Waals surface area contributed by atoms with Gasteiger partial charge in [-0.15, -0.1) is 0 Å². The topological polar surface area (TPSA) is 49.7 Å². The van der Waals surface area contributed by atoms with Gasteiger partial charge in [0.2, 0.25) is 0 Å². The Kier molecular flexibility index (Phi) is 19.0. The van der Waals surface area contributed by atoms with Crippen LogP contribution >= 0.6 is 0 Å². The second-order valence-corrected chi connectivity index (χ2v) is 9.18. The van der Waals surface area contributed by atoms with E-state index in [1.165, 1.54) is 89.9 Å². The van der Waals surface area contributed by atoms with Crippen LogP contribution in [0, 0.1) is 0 Å². The van der Waals surface area contributed by atoms with Crippen LogP contribution in [0.4, 0.5) is 0 Å². The summed E-state index contributed by atoms with van der Waals surface area (Å²) >= 11 is 0. The van der Waals surface area contributed by atoms with Gasteiger partial charge in [-0.2, -0.15) is 0 Å². The van der Waals surface area contributed by atoms with Gasteiger partial charge in [-0.1, -0.05) is 140 Å². The zero-order valence-corrected chi connectivity index (χ0v) is 20.3. The fourth-order valence-electron chi connectivity index (χ4n) is 4.15. The minimum atomic E-state index is -0.583. The number of aliphatic hydroxyl groups is 2. The molecule has 2 atom stereocenters. The first-order valence-electron chi connectivity index (χ1n) is 13.2. The van der Waals surface area contributed by atoms with Crippen molar-refractivity contribution in [2.75, 3.05) is 6.61 Å². The van der Waals surface area contributed by atoms with Crippen molar-refractivity contribution in [3.63, 3.8) is 0 Å². The lowest BCUT2D eigenvalue weighted by molar-refractivity contribution is -0.0736. The van der Waals surface area contributed by atoms with E-state index in [1.807, 2.05) is 30.3 Å². The Morgan fingerprint density at radius 1 is 0.677 bits per heavy atom. The van der Waals surface area contributed by atoms with Gasteiger partial charge in [0, 0.05) is 0 Å². The van der Waals surface area contributed by atoms with Gasteiger partial charge < -0.3 is 14.9 Å². The van der Waals surface area contributed by atoms with Crippen molar-refractivity contribution >= 4 is 0 Å². The fraction of sp³-hybridized carbons (Fsp3) is 0.786. The van der Waals surface area contributed by atoms with Gasteiger partial charge in [0.25, 0.3) is 0 Å². The molecule has 1 aromatic rings. The summed E-state index contributed by atoms with van der Waals surface area (Å²) in [5.74, 6) is 0. The summed E-state index contributed by atoms with van der Waals surface area (Å²) in [5, 5.41) is 19.8. The number of hydrogen-bond donors (Lipinski definition) is 2. The molecule has 0 spiro atoms. The molecule has 31 heavy (non-hydrogen) atoms. The molecule has 2 N–H and O–H groups in total. The number of ether oxygens (including phenoxy) is 1. The van der Waals surface area contributed by atoms with Gasteiger partial charge in [0.1, 0.15) is 6.10 Å². The Bertz CT molecular complexity index is 476. The minimum absolute atomic E-state index is 0.132. The molecule has 3 heteroatoms. The van der Waals surface area contributed by atoms with Crippen molar-refractivity contribution in [2.24, 2.45) is 0 Å². The van der Waals surface area contributed by atoms with Crippen LogP contribution in [0.15, 0.2) is 30.3 Å². The molecule has 3 nitrogen and oxygen atoms in total. The zero-order chi connectivity index (χ0) is 22.4. The third-order valence-corrected chi connectivity index (χ3v) is 6.27. The first-order valence-corrected chi connectivity index (χ1v) is 13.2. The van der Waals surface area contributed by atoms with Crippen LogP contribution in [0.5, 0.6) is 0 Å². The van der Waals surface area contributed by atoms with E-state index in [0.29, 0.717) is 13.0 Å². The van der Waals surface area contributed by atoms with E-state index < -0.39 is 12.2 Å². The van der Waals surface area contributed by atoms with Crippen LogP contribution in [0.3, 0.4) is 0 Å². The van der Waals surface area contributed by atoms with E-state index in [-0.39, 0.29) is 6.61 Å². The quantitative estimate of drug-likeness (QED) is 0.185. The predicted octanol–water partition coefficient (Wildman–Crippen LogP) is 7.58. The highest BCUT2D eigenvalue weighted by atomic mass is 16.5. The second kappa shape index (κ2) is 21.0. The van der Waals surface area contributed by atoms with Crippen LogP contribution in [0.25, 0.3) is 0 Å². The van der Waals surface area contributed by atoms with Gasteiger partial charge in [0.15, 0.2) is 0 Å². The molecule has 0 aromatic heterocycles. The summed E-state index contributed by atoms with van der Waals surface area (Å²) in [6, 6.07) is 9.91. The van der Waals surface area contributed by atoms with E-state index in [0.717, 1.165) is 18.4 Å². The molecular formula is C28H50O3. The third-order valence-electron chi connectivity index (χ3n) is 6.27. The molecule has 0 amide bonds. The average Bonchev–Trinajstić information content (AvgIpc) is 2.80. The molecular weight excluding hydrogens is 384 g/mol. The normalized spacial score (nSPS) is 13.4. The van der Waals surface area contributed by atoms with Crippen molar-refractivity contribution in [3.8, 4) is 0 Å². The molecule has 0 saturated heterocycles. The largest absolute Gasteiger partial charge is 0.394 e. The lowest BCUT2D eigenvalue weighted by Gasteiger charge is -2.21. The highest BCUT2D eigenvalue weighted by molar-refractivity contribution is 5.13. The Labute approximate surface area is 192 Å². The van der Waals surface area contributed by atoms with Crippen LogP contribution in [-0.2, 0) is 11.3 Å². The summed E-state index contributed by atoms with van der Waals surface area (Å²) in [6.45, 7) is 2.58. The van der Waals surface area contributed by atoms with Crippen molar-refractivity contribution in [2.45, 2.75) is 135 Å². The lowest BCUT2D eigenvalue weighted by Crippen LogP contribution is -2.32. The van der Waals surface area contributed by atoms with Crippen molar-refractivity contribution < 1.29 is 14.9 Å². The molecule has 0 aliphatic carbocycles. The van der Waals surface area contributed by atoms with Crippen molar-refractivity contribution in [1.82, 2.24) is 0 Å². The number of benzene rings is 1. The first kappa shape index (κ1) is 28.1. The van der Waals surface area contributed by atoms with Crippen LogP contribution in [-0.4, -0.2) is 29.0 Å². The maximum absolute atomic E-state index is 10.3. The van der Waals surface area contributed by atoms with E-state index in [9.17, 15) is 10.2 Å². The molecule has 0 aliphatic rings. The molecule has 1 unspecified atom stereocenters. The Morgan fingerprint density at radius 2 is 1.13 bits per heavy atom. The van der Waals surface area contributed by atoms with Gasteiger partial charge in [-0.25, -0.2) is 0 Å². The minimum Gasteiger partial charge on any atom is -0.394 e. The zero-order valence-electron chi connectivity index (χ0n) is 20.3. The molecule has 180 valence electrons. The van der Waals surface area contributed by atoms with Gasteiger partial charge in [-0.05, 0) is 12.0 Å². The summed E-state index contributed by atoms with van der Waals surface area (Å²) < 4.78 is 5.72. The number of aliphatic hydroxyl groups excluding tert-OH is 2. The van der Waals surface area contributed by atoms with Gasteiger partial charge >= 0.3 is 0 Å².